The van der Waals surface area contributed by atoms with Gasteiger partial charge in [-0.05, 0) is 58.9 Å². The molecule has 0 bridgehead atoms. The maximum atomic E-state index is 13.0. The minimum Gasteiger partial charge on any atom is -0.492 e. The summed E-state index contributed by atoms with van der Waals surface area (Å²) in [6, 6.07) is 4.98. The van der Waals surface area contributed by atoms with Gasteiger partial charge in [0.2, 0.25) is 6.04 Å². The van der Waals surface area contributed by atoms with E-state index in [1.807, 2.05) is 6.92 Å². The number of anilines is 1. The van der Waals surface area contributed by atoms with E-state index in [9.17, 15) is 9.59 Å². The predicted molar refractivity (Wildman–Crippen MR) is 135 cm³/mol. The van der Waals surface area contributed by atoms with E-state index in [2.05, 4.69) is 15.5 Å². The summed E-state index contributed by atoms with van der Waals surface area (Å²) < 4.78 is 22.2. The molecule has 0 fully saturated rings. The summed E-state index contributed by atoms with van der Waals surface area (Å²) in [7, 11) is 0. The van der Waals surface area contributed by atoms with Gasteiger partial charge in [-0.3, -0.25) is 9.59 Å². The highest BCUT2D eigenvalue weighted by atomic mass is 35.5. The molecule has 0 spiro atoms. The van der Waals surface area contributed by atoms with Gasteiger partial charge in [0.15, 0.2) is 17.3 Å². The molecule has 1 N–H and O–H groups in total. The van der Waals surface area contributed by atoms with Crippen LogP contribution in [-0.4, -0.2) is 44.2 Å². The number of nitrogens with zero attached hydrogens (tertiary/aromatic N) is 2. The molecule has 0 aromatic heterocycles. The molecule has 1 unspecified atom stereocenters. The molecular formula is C24H29Cl2N3O6. The Balaban J connectivity index is 2.38. The van der Waals surface area contributed by atoms with Crippen molar-refractivity contribution in [3.8, 4) is 23.0 Å². The van der Waals surface area contributed by atoms with Crippen molar-refractivity contribution < 1.29 is 28.5 Å². The number of halogens is 2. The largest absolute Gasteiger partial charge is 0.492 e. The summed E-state index contributed by atoms with van der Waals surface area (Å²) in [6.07, 6.45) is 0. The number of rotatable bonds is 13. The van der Waals surface area contributed by atoms with Gasteiger partial charge < -0.3 is 24.3 Å². The van der Waals surface area contributed by atoms with Gasteiger partial charge in [-0.25, -0.2) is 0 Å². The maximum Gasteiger partial charge on any atom is 0.258 e. The van der Waals surface area contributed by atoms with E-state index in [0.29, 0.717) is 49.4 Å². The van der Waals surface area contributed by atoms with Gasteiger partial charge in [-0.1, -0.05) is 23.2 Å². The maximum absolute atomic E-state index is 13.0. The summed E-state index contributed by atoms with van der Waals surface area (Å²) in [6.45, 7) is 9.94. The number of hydrogen-bond acceptors (Lipinski definition) is 8. The highest BCUT2D eigenvalue weighted by molar-refractivity contribution is 6.36. The monoisotopic (exact) mass is 525 g/mol. The van der Waals surface area contributed by atoms with Crippen molar-refractivity contribution in [2.24, 2.45) is 10.2 Å². The van der Waals surface area contributed by atoms with Gasteiger partial charge in [-0.15, -0.1) is 0 Å². The third-order valence-electron chi connectivity index (χ3n) is 4.46. The van der Waals surface area contributed by atoms with E-state index in [0.717, 1.165) is 0 Å². The molecule has 9 nitrogen and oxygen atoms in total. The molecule has 11 heteroatoms. The molecule has 0 saturated carbocycles. The third kappa shape index (κ3) is 7.22. The number of ketones is 1. The molecule has 1 amide bonds. The van der Waals surface area contributed by atoms with E-state index in [1.54, 1.807) is 45.0 Å². The predicted octanol–water partition coefficient (Wildman–Crippen LogP) is 6.27. The summed E-state index contributed by atoms with van der Waals surface area (Å²) in [5, 5.41) is 10.9. The van der Waals surface area contributed by atoms with E-state index in [-0.39, 0.29) is 21.4 Å². The Morgan fingerprint density at radius 2 is 1.37 bits per heavy atom. The van der Waals surface area contributed by atoms with Gasteiger partial charge in [0.1, 0.15) is 32.9 Å². The van der Waals surface area contributed by atoms with E-state index < -0.39 is 17.7 Å². The lowest BCUT2D eigenvalue weighted by atomic mass is 10.2. The summed E-state index contributed by atoms with van der Waals surface area (Å²) in [5.41, 5.74) is 0.382. The van der Waals surface area contributed by atoms with Crippen molar-refractivity contribution >= 4 is 46.3 Å². The van der Waals surface area contributed by atoms with Crippen LogP contribution in [0.4, 0.5) is 11.4 Å². The number of nitrogens with one attached hydrogen (secondary N) is 1. The Hall–Kier alpha value is -3.04. The lowest BCUT2D eigenvalue weighted by Crippen LogP contribution is -2.32. The Morgan fingerprint density at radius 3 is 1.97 bits per heavy atom. The molecule has 0 radical (unpaired) electrons. The van der Waals surface area contributed by atoms with E-state index >= 15 is 0 Å². The van der Waals surface area contributed by atoms with Crippen LogP contribution in [0.25, 0.3) is 0 Å². The molecule has 2 rings (SSSR count). The highest BCUT2D eigenvalue weighted by Gasteiger charge is 2.26. The molecule has 0 aliphatic heterocycles. The molecule has 35 heavy (non-hydrogen) atoms. The first-order valence-electron chi connectivity index (χ1n) is 11.2. The van der Waals surface area contributed by atoms with Crippen molar-refractivity contribution in [1.82, 2.24) is 0 Å². The first-order chi connectivity index (χ1) is 16.8. The summed E-state index contributed by atoms with van der Waals surface area (Å²) in [5.74, 6) is 0.157. The fourth-order valence-corrected chi connectivity index (χ4v) is 3.49. The Morgan fingerprint density at radius 1 is 0.829 bits per heavy atom. The normalized spacial score (nSPS) is 11.7. The molecule has 2 aromatic carbocycles. The lowest BCUT2D eigenvalue weighted by Gasteiger charge is -2.17. The van der Waals surface area contributed by atoms with Crippen LogP contribution in [-0.2, 0) is 9.59 Å². The van der Waals surface area contributed by atoms with Gasteiger partial charge in [0.05, 0.1) is 26.4 Å². The van der Waals surface area contributed by atoms with Gasteiger partial charge in [-0.2, -0.15) is 10.2 Å². The van der Waals surface area contributed by atoms with Crippen LogP contribution in [0, 0.1) is 0 Å². The number of azo groups is 1. The van der Waals surface area contributed by atoms with Crippen LogP contribution in [0.3, 0.4) is 0 Å². The number of hydrogen-bond donors (Lipinski definition) is 1. The van der Waals surface area contributed by atoms with Crippen molar-refractivity contribution in [3.05, 3.63) is 34.3 Å². The fraction of sp³-hybridized carbons (Fsp3) is 0.417. The van der Waals surface area contributed by atoms with Crippen molar-refractivity contribution in [2.75, 3.05) is 31.7 Å². The van der Waals surface area contributed by atoms with Crippen LogP contribution in [0.15, 0.2) is 34.5 Å². The minimum absolute atomic E-state index is 0.140. The molecule has 2 aromatic rings. The quantitative estimate of drug-likeness (QED) is 0.244. The number of ether oxygens (including phenoxy) is 4. The van der Waals surface area contributed by atoms with E-state index in [1.165, 1.54) is 6.92 Å². The highest BCUT2D eigenvalue weighted by Crippen LogP contribution is 2.42. The van der Waals surface area contributed by atoms with Crippen LogP contribution in [0.2, 0.25) is 10.0 Å². The molecule has 0 heterocycles. The summed E-state index contributed by atoms with van der Waals surface area (Å²) in [4.78, 5) is 25.3. The first-order valence-corrected chi connectivity index (χ1v) is 11.9. The zero-order valence-corrected chi connectivity index (χ0v) is 21.8. The van der Waals surface area contributed by atoms with Gasteiger partial charge in [0, 0.05) is 0 Å². The molecule has 0 aliphatic rings. The number of carbonyl (C=O) groups excluding carboxylic acids is 2. The average molecular weight is 526 g/mol. The molecule has 190 valence electrons. The van der Waals surface area contributed by atoms with Crippen LogP contribution < -0.4 is 24.3 Å². The number of carbonyl (C=O) groups is 2. The second-order valence-corrected chi connectivity index (χ2v) is 7.68. The molecule has 1 atom stereocenters. The molecular weight excluding hydrogens is 497 g/mol. The zero-order chi connectivity index (χ0) is 26.0. The van der Waals surface area contributed by atoms with Crippen LogP contribution >= 0.6 is 23.2 Å². The average Bonchev–Trinajstić information content (AvgIpc) is 2.82. The Labute approximate surface area is 214 Å². The van der Waals surface area contributed by atoms with Gasteiger partial charge >= 0.3 is 0 Å². The second kappa shape index (κ2) is 13.7. The topological polar surface area (TPSA) is 108 Å². The minimum atomic E-state index is -1.46. The van der Waals surface area contributed by atoms with Gasteiger partial charge in [0.25, 0.3) is 5.91 Å². The zero-order valence-electron chi connectivity index (χ0n) is 20.3. The van der Waals surface area contributed by atoms with Crippen LogP contribution in [0.5, 0.6) is 23.0 Å². The first kappa shape index (κ1) is 28.2. The number of Topliss-reactive ketones (excluding diaryl/α,β-unsaturated/α-hetero) is 1. The SMILES string of the molecule is CCOc1ccc(OCC)c(NC(=O)C(N=Nc2ccc(OCC)c(OCC)c2Cl)C(C)=O)c1Cl. The van der Waals surface area contributed by atoms with Crippen LogP contribution in [0.1, 0.15) is 34.6 Å². The molecule has 0 aliphatic carbocycles. The summed E-state index contributed by atoms with van der Waals surface area (Å²) >= 11 is 12.9. The Bertz CT molecular complexity index is 1080. The number of benzene rings is 2. The number of amides is 1. The second-order valence-electron chi connectivity index (χ2n) is 6.93. The molecule has 0 saturated heterocycles. The van der Waals surface area contributed by atoms with Crippen molar-refractivity contribution in [1.29, 1.82) is 0 Å². The van der Waals surface area contributed by atoms with E-state index in [4.69, 9.17) is 42.1 Å². The van der Waals surface area contributed by atoms with Crippen molar-refractivity contribution in [2.45, 2.75) is 40.7 Å². The smallest absolute Gasteiger partial charge is 0.258 e. The fourth-order valence-electron chi connectivity index (χ4n) is 2.98. The standard InChI is InChI=1S/C24H29Cl2N3O6/c1-6-32-16-12-13-17(33-7-2)22(20(16)26)27-24(31)21(14(5)30)29-28-15-10-11-18(34-8-3)23(19(15)25)35-9-4/h10-13,21H,6-9H2,1-5H3,(H,27,31). The third-order valence-corrected chi connectivity index (χ3v) is 5.20. The lowest BCUT2D eigenvalue weighted by molar-refractivity contribution is -0.126. The Kier molecular flexibility index (Phi) is 11.1. The van der Waals surface area contributed by atoms with Crippen molar-refractivity contribution in [3.63, 3.8) is 0 Å².